The Labute approximate surface area is 147 Å². The van der Waals surface area contributed by atoms with Crippen molar-refractivity contribution in [2.24, 2.45) is 0 Å². The number of aryl methyl sites for hydroxylation is 1. The molecular formula is C22H34O2. The third-order valence-corrected chi connectivity index (χ3v) is 6.27. The maximum atomic E-state index is 6.29. The second-order valence-corrected chi connectivity index (χ2v) is 9.19. The van der Waals surface area contributed by atoms with Crippen molar-refractivity contribution in [2.75, 3.05) is 6.61 Å². The largest absolute Gasteiger partial charge is 0.346 e. The van der Waals surface area contributed by atoms with E-state index in [4.69, 9.17) is 9.47 Å². The summed E-state index contributed by atoms with van der Waals surface area (Å²) < 4.78 is 12.4. The third-order valence-electron chi connectivity index (χ3n) is 6.27. The highest BCUT2D eigenvalue weighted by atomic mass is 16.7. The molecule has 2 atom stereocenters. The molecule has 1 aliphatic carbocycles. The Balaban J connectivity index is 2.18. The van der Waals surface area contributed by atoms with E-state index in [1.807, 2.05) is 0 Å². The van der Waals surface area contributed by atoms with Crippen LogP contribution >= 0.6 is 0 Å². The van der Waals surface area contributed by atoms with Crippen molar-refractivity contribution in [1.82, 2.24) is 0 Å². The highest BCUT2D eigenvalue weighted by Crippen LogP contribution is 2.48. The van der Waals surface area contributed by atoms with E-state index < -0.39 is 5.79 Å². The van der Waals surface area contributed by atoms with Crippen molar-refractivity contribution in [2.45, 2.75) is 96.9 Å². The maximum Gasteiger partial charge on any atom is 0.192 e. The average Bonchev–Trinajstić information content (AvgIpc) is 2.50. The van der Waals surface area contributed by atoms with Crippen molar-refractivity contribution in [3.8, 4) is 0 Å². The molecule has 0 N–H and O–H groups in total. The summed E-state index contributed by atoms with van der Waals surface area (Å²) in [5, 5.41) is 0. The van der Waals surface area contributed by atoms with E-state index in [-0.39, 0.29) is 16.9 Å². The van der Waals surface area contributed by atoms with Crippen molar-refractivity contribution >= 4 is 0 Å². The lowest BCUT2D eigenvalue weighted by Gasteiger charge is -2.44. The Bertz CT molecular complexity index is 629. The number of hydrogen-bond acceptors (Lipinski definition) is 2. The van der Waals surface area contributed by atoms with Crippen LogP contribution in [0.3, 0.4) is 0 Å². The fourth-order valence-electron chi connectivity index (χ4n) is 4.41. The first-order chi connectivity index (χ1) is 11.1. The summed E-state index contributed by atoms with van der Waals surface area (Å²) in [5.74, 6) is -0.615. The predicted octanol–water partition coefficient (Wildman–Crippen LogP) is 5.60. The van der Waals surface area contributed by atoms with E-state index in [0.717, 1.165) is 19.4 Å². The van der Waals surface area contributed by atoms with Crippen LogP contribution in [-0.2, 0) is 32.5 Å². The second kappa shape index (κ2) is 5.85. The standard InChI is InChI=1S/C22H34O2/c1-8-16-13-18-19(21(5,6)11-10-20(18,3)4)14-17(16)22(7)23-12-9-15(2)24-22/h13-15H,8-12H2,1-7H3/t15-,22-/m0/s1. The van der Waals surface area contributed by atoms with Gasteiger partial charge in [0.25, 0.3) is 0 Å². The molecule has 1 fully saturated rings. The third kappa shape index (κ3) is 2.93. The molecule has 3 rings (SSSR count). The van der Waals surface area contributed by atoms with Crippen molar-refractivity contribution in [3.05, 3.63) is 34.4 Å². The van der Waals surface area contributed by atoms with Gasteiger partial charge in [0.2, 0.25) is 0 Å². The molecule has 0 spiro atoms. The fraction of sp³-hybridized carbons (Fsp3) is 0.727. The molecule has 0 unspecified atom stereocenters. The van der Waals surface area contributed by atoms with Gasteiger partial charge in [-0.15, -0.1) is 0 Å². The molecule has 0 amide bonds. The van der Waals surface area contributed by atoms with Crippen LogP contribution < -0.4 is 0 Å². The van der Waals surface area contributed by atoms with E-state index >= 15 is 0 Å². The smallest absolute Gasteiger partial charge is 0.192 e. The monoisotopic (exact) mass is 330 g/mol. The number of hydrogen-bond donors (Lipinski definition) is 0. The molecule has 1 saturated heterocycles. The van der Waals surface area contributed by atoms with Gasteiger partial charge in [0.05, 0.1) is 12.7 Å². The zero-order valence-electron chi connectivity index (χ0n) is 16.6. The van der Waals surface area contributed by atoms with Gasteiger partial charge in [0, 0.05) is 5.56 Å². The van der Waals surface area contributed by atoms with Crippen molar-refractivity contribution in [3.63, 3.8) is 0 Å². The number of ether oxygens (including phenoxy) is 2. The second-order valence-electron chi connectivity index (χ2n) is 9.19. The Kier molecular flexibility index (Phi) is 4.37. The molecular weight excluding hydrogens is 296 g/mol. The van der Waals surface area contributed by atoms with E-state index in [1.165, 1.54) is 35.1 Å². The van der Waals surface area contributed by atoms with Crippen LogP contribution in [0.5, 0.6) is 0 Å². The first kappa shape index (κ1) is 17.9. The Morgan fingerprint density at radius 2 is 1.54 bits per heavy atom. The SMILES string of the molecule is CCc1cc2c(cc1[C@@]1(C)OCC[C@H](C)O1)C(C)(C)CCC2(C)C. The van der Waals surface area contributed by atoms with E-state index in [9.17, 15) is 0 Å². The normalized spacial score (nSPS) is 31.5. The molecule has 0 bridgehead atoms. The molecule has 134 valence electrons. The molecule has 1 aromatic carbocycles. The molecule has 0 aromatic heterocycles. The minimum Gasteiger partial charge on any atom is -0.346 e. The lowest BCUT2D eigenvalue weighted by Crippen LogP contribution is -2.41. The van der Waals surface area contributed by atoms with Crippen LogP contribution in [-0.4, -0.2) is 12.7 Å². The minimum atomic E-state index is -0.615. The summed E-state index contributed by atoms with van der Waals surface area (Å²) in [6.45, 7) is 16.8. The summed E-state index contributed by atoms with van der Waals surface area (Å²) in [5.41, 5.74) is 6.07. The van der Waals surface area contributed by atoms with Crippen LogP contribution in [0.25, 0.3) is 0 Å². The van der Waals surface area contributed by atoms with Gasteiger partial charge in [-0.2, -0.15) is 0 Å². The van der Waals surface area contributed by atoms with Gasteiger partial charge in [-0.1, -0.05) is 40.7 Å². The number of benzene rings is 1. The van der Waals surface area contributed by atoms with Gasteiger partial charge in [-0.3, -0.25) is 0 Å². The van der Waals surface area contributed by atoms with Gasteiger partial charge < -0.3 is 9.47 Å². The Morgan fingerprint density at radius 1 is 0.958 bits per heavy atom. The van der Waals surface area contributed by atoms with Crippen molar-refractivity contribution in [1.29, 1.82) is 0 Å². The van der Waals surface area contributed by atoms with Crippen LogP contribution in [0.1, 0.15) is 90.0 Å². The number of rotatable bonds is 2. The van der Waals surface area contributed by atoms with E-state index in [1.54, 1.807) is 0 Å². The summed E-state index contributed by atoms with van der Waals surface area (Å²) >= 11 is 0. The number of fused-ring (bicyclic) bond motifs is 1. The van der Waals surface area contributed by atoms with Crippen molar-refractivity contribution < 1.29 is 9.47 Å². The van der Waals surface area contributed by atoms with Crippen LogP contribution in [0.15, 0.2) is 12.1 Å². The quantitative estimate of drug-likeness (QED) is 0.703. The van der Waals surface area contributed by atoms with Gasteiger partial charge in [-0.25, -0.2) is 0 Å². The van der Waals surface area contributed by atoms with Gasteiger partial charge in [0.15, 0.2) is 5.79 Å². The summed E-state index contributed by atoms with van der Waals surface area (Å²) in [7, 11) is 0. The fourth-order valence-corrected chi connectivity index (χ4v) is 4.41. The Hall–Kier alpha value is -0.860. The van der Waals surface area contributed by atoms with Gasteiger partial charge in [0.1, 0.15) is 0 Å². The topological polar surface area (TPSA) is 18.5 Å². The van der Waals surface area contributed by atoms with Gasteiger partial charge in [-0.05, 0) is 73.1 Å². The molecule has 1 aliphatic heterocycles. The molecule has 24 heavy (non-hydrogen) atoms. The summed E-state index contributed by atoms with van der Waals surface area (Å²) in [6.07, 6.45) is 4.70. The molecule has 2 heteroatoms. The minimum absolute atomic E-state index is 0.211. The van der Waals surface area contributed by atoms with Crippen LogP contribution in [0.4, 0.5) is 0 Å². The van der Waals surface area contributed by atoms with Gasteiger partial charge >= 0.3 is 0 Å². The molecule has 0 saturated carbocycles. The molecule has 0 radical (unpaired) electrons. The summed E-state index contributed by atoms with van der Waals surface area (Å²) in [4.78, 5) is 0. The maximum absolute atomic E-state index is 6.29. The van der Waals surface area contributed by atoms with Crippen LogP contribution in [0, 0.1) is 0 Å². The highest BCUT2D eigenvalue weighted by molar-refractivity contribution is 5.48. The lowest BCUT2D eigenvalue weighted by molar-refractivity contribution is -0.289. The highest BCUT2D eigenvalue weighted by Gasteiger charge is 2.41. The first-order valence-corrected chi connectivity index (χ1v) is 9.59. The zero-order chi connectivity index (χ0) is 17.8. The lowest BCUT2D eigenvalue weighted by atomic mass is 9.62. The molecule has 1 aromatic rings. The first-order valence-electron chi connectivity index (χ1n) is 9.59. The zero-order valence-corrected chi connectivity index (χ0v) is 16.6. The molecule has 1 heterocycles. The summed E-state index contributed by atoms with van der Waals surface area (Å²) in [6, 6.07) is 4.86. The van der Waals surface area contributed by atoms with E-state index in [0.29, 0.717) is 0 Å². The predicted molar refractivity (Wildman–Crippen MR) is 99.6 cm³/mol. The van der Waals surface area contributed by atoms with Crippen LogP contribution in [0.2, 0.25) is 0 Å². The molecule has 2 aliphatic rings. The average molecular weight is 331 g/mol. The van der Waals surface area contributed by atoms with E-state index in [2.05, 4.69) is 60.6 Å². The Morgan fingerprint density at radius 3 is 2.08 bits per heavy atom. The molecule has 2 nitrogen and oxygen atoms in total.